The second-order valence-corrected chi connectivity index (χ2v) is 12.4. The first-order valence-electron chi connectivity index (χ1n) is 13.3. The lowest BCUT2D eigenvalue weighted by atomic mass is 9.47. The zero-order chi connectivity index (χ0) is 25.3. The number of aliphatic hydroxyl groups is 5. The quantitative estimate of drug-likeness (QED) is 0.369. The maximum absolute atomic E-state index is 12.4. The van der Waals surface area contributed by atoms with Gasteiger partial charge in [0.15, 0.2) is 6.29 Å². The van der Waals surface area contributed by atoms with Crippen LogP contribution in [0, 0.1) is 34.5 Å². The highest BCUT2D eigenvalue weighted by molar-refractivity contribution is 5.79. The molecule has 0 amide bonds. The summed E-state index contributed by atoms with van der Waals surface area (Å²) in [7, 11) is 0. The van der Waals surface area contributed by atoms with Crippen molar-refractivity contribution in [2.45, 2.75) is 109 Å². The van der Waals surface area contributed by atoms with Crippen LogP contribution in [0.25, 0.3) is 0 Å². The third kappa shape index (κ3) is 3.95. The average Bonchev–Trinajstić information content (AvgIpc) is 3.10. The van der Waals surface area contributed by atoms with E-state index in [0.29, 0.717) is 24.7 Å². The van der Waals surface area contributed by atoms with Gasteiger partial charge in [0, 0.05) is 5.92 Å². The molecular formula is C27H42O8. The summed E-state index contributed by atoms with van der Waals surface area (Å²) in [5, 5.41) is 51.0. The van der Waals surface area contributed by atoms with Crippen molar-refractivity contribution in [1.82, 2.24) is 0 Å². The molecule has 0 spiro atoms. The van der Waals surface area contributed by atoms with Gasteiger partial charge in [0.05, 0.1) is 18.8 Å². The van der Waals surface area contributed by atoms with E-state index in [1.165, 1.54) is 5.57 Å². The van der Waals surface area contributed by atoms with Crippen LogP contribution in [-0.4, -0.2) is 80.8 Å². The number of hydrogen-bond acceptors (Lipinski definition) is 8. The van der Waals surface area contributed by atoms with Crippen LogP contribution in [-0.2, 0) is 14.3 Å². The summed E-state index contributed by atoms with van der Waals surface area (Å²) in [6.07, 6.45) is 1.28. The van der Waals surface area contributed by atoms with Gasteiger partial charge in [-0.25, -0.2) is 0 Å². The Morgan fingerprint density at radius 3 is 2.54 bits per heavy atom. The first-order valence-corrected chi connectivity index (χ1v) is 13.3. The lowest BCUT2D eigenvalue weighted by Crippen LogP contribution is -2.60. The summed E-state index contributed by atoms with van der Waals surface area (Å²) >= 11 is 0. The minimum absolute atomic E-state index is 0.00746. The van der Waals surface area contributed by atoms with E-state index in [4.69, 9.17) is 9.47 Å². The van der Waals surface area contributed by atoms with Gasteiger partial charge in [-0.15, -0.1) is 0 Å². The number of rotatable bonds is 4. The van der Waals surface area contributed by atoms with E-state index in [9.17, 15) is 30.3 Å². The van der Waals surface area contributed by atoms with Gasteiger partial charge >= 0.3 is 0 Å². The van der Waals surface area contributed by atoms with Crippen molar-refractivity contribution in [1.29, 1.82) is 0 Å². The van der Waals surface area contributed by atoms with E-state index in [2.05, 4.69) is 19.9 Å². The van der Waals surface area contributed by atoms with E-state index >= 15 is 0 Å². The molecule has 8 heteroatoms. The number of carbonyl (C=O) groups is 1. The molecule has 13 atom stereocenters. The maximum Gasteiger partial charge on any atom is 0.186 e. The average molecular weight is 495 g/mol. The molecule has 5 rings (SSSR count). The van der Waals surface area contributed by atoms with Crippen molar-refractivity contribution in [3.05, 3.63) is 11.6 Å². The topological polar surface area (TPSA) is 137 Å². The second-order valence-electron chi connectivity index (χ2n) is 12.4. The number of allylic oxidation sites excluding steroid dienone is 1. The Bertz CT molecular complexity index is 858. The van der Waals surface area contributed by atoms with E-state index in [0.717, 1.165) is 32.1 Å². The molecule has 5 aliphatic rings. The lowest BCUT2D eigenvalue weighted by Gasteiger charge is -2.58. The summed E-state index contributed by atoms with van der Waals surface area (Å²) in [4.78, 5) is 12.4. The highest BCUT2D eigenvalue weighted by atomic mass is 16.7. The van der Waals surface area contributed by atoms with Gasteiger partial charge in [-0.1, -0.05) is 25.5 Å². The molecule has 1 saturated heterocycles. The SMILES string of the molecule is CC(=O)[C@H]1C[C@H](O)[C@H]2[C@@H]3CC=C4C[C@@H](O[C@@H]5O[C@H](CO)[C@@H](O)[C@H](O)[C@H]5O)CC[C@]4(C)[C@H]3CC[C@@]21C. The largest absolute Gasteiger partial charge is 0.394 e. The molecule has 0 aromatic rings. The monoisotopic (exact) mass is 494 g/mol. The normalized spacial score (nSPS) is 53.8. The number of carbonyl (C=O) groups excluding carboxylic acids is 1. The molecule has 0 radical (unpaired) electrons. The number of aliphatic hydroxyl groups excluding tert-OH is 5. The Morgan fingerprint density at radius 1 is 1.11 bits per heavy atom. The molecular weight excluding hydrogens is 452 g/mol. The molecule has 5 N–H and O–H groups in total. The van der Waals surface area contributed by atoms with Crippen molar-refractivity contribution in [2.24, 2.45) is 34.5 Å². The first kappa shape index (κ1) is 25.8. The van der Waals surface area contributed by atoms with Gasteiger partial charge in [-0.05, 0) is 80.5 Å². The zero-order valence-electron chi connectivity index (χ0n) is 21.0. The molecule has 3 saturated carbocycles. The Hall–Kier alpha value is -0.870. The third-order valence-corrected chi connectivity index (χ3v) is 10.7. The summed E-state index contributed by atoms with van der Waals surface area (Å²) < 4.78 is 11.7. The molecule has 1 heterocycles. The van der Waals surface area contributed by atoms with Crippen molar-refractivity contribution in [3.63, 3.8) is 0 Å². The minimum atomic E-state index is -1.44. The van der Waals surface area contributed by atoms with Crippen molar-refractivity contribution < 1.29 is 39.8 Å². The second kappa shape index (κ2) is 9.15. The van der Waals surface area contributed by atoms with Crippen LogP contribution in [0.3, 0.4) is 0 Å². The fraction of sp³-hybridized carbons (Fsp3) is 0.889. The van der Waals surface area contributed by atoms with Gasteiger partial charge in [0.1, 0.15) is 30.2 Å². The molecule has 0 bridgehead atoms. The number of hydrogen-bond donors (Lipinski definition) is 5. The smallest absolute Gasteiger partial charge is 0.186 e. The molecule has 0 aromatic heterocycles. The lowest BCUT2D eigenvalue weighted by molar-refractivity contribution is -0.313. The molecule has 35 heavy (non-hydrogen) atoms. The third-order valence-electron chi connectivity index (χ3n) is 10.7. The summed E-state index contributed by atoms with van der Waals surface area (Å²) in [5.74, 6) is 1.12. The number of fused-ring (bicyclic) bond motifs is 5. The summed E-state index contributed by atoms with van der Waals surface area (Å²) in [5.41, 5.74) is 1.23. The standard InChI is InChI=1S/C27H42O8/c1-13(29)18-11-19(30)21-16-5-4-14-10-15(6-8-26(14,2)17(16)7-9-27(18,21)3)34-25-24(33)23(32)22(31)20(12-28)35-25/h4,15-25,28,30-33H,5-12H2,1-3H3/t15-,16+,17-,18+,19-,20+,21+,22+,23-,24+,25+,26-,27+/m0/s1. The zero-order valence-corrected chi connectivity index (χ0v) is 21.0. The van der Waals surface area contributed by atoms with Crippen LogP contribution in [0.2, 0.25) is 0 Å². The highest BCUT2D eigenvalue weighted by Crippen LogP contribution is 2.66. The number of ether oxygens (including phenoxy) is 2. The van der Waals surface area contributed by atoms with Crippen molar-refractivity contribution >= 4 is 5.78 Å². The minimum Gasteiger partial charge on any atom is -0.394 e. The van der Waals surface area contributed by atoms with Gasteiger partial charge in [-0.2, -0.15) is 0 Å². The maximum atomic E-state index is 12.4. The van der Waals surface area contributed by atoms with Crippen molar-refractivity contribution in [2.75, 3.05) is 6.61 Å². The van der Waals surface area contributed by atoms with Gasteiger partial charge in [0.2, 0.25) is 0 Å². The van der Waals surface area contributed by atoms with Gasteiger partial charge in [-0.3, -0.25) is 4.79 Å². The Balaban J connectivity index is 1.31. The predicted molar refractivity (Wildman–Crippen MR) is 126 cm³/mol. The Labute approximate surface area is 207 Å². The molecule has 4 fully saturated rings. The van der Waals surface area contributed by atoms with Crippen LogP contribution in [0.15, 0.2) is 11.6 Å². The molecule has 0 unspecified atom stereocenters. The van der Waals surface area contributed by atoms with E-state index < -0.39 is 43.4 Å². The molecule has 0 aromatic carbocycles. The van der Waals surface area contributed by atoms with E-state index in [1.54, 1.807) is 6.92 Å². The molecule has 198 valence electrons. The first-order chi connectivity index (χ1) is 16.5. The summed E-state index contributed by atoms with van der Waals surface area (Å²) in [6.45, 7) is 5.77. The molecule has 4 aliphatic carbocycles. The fourth-order valence-corrected chi connectivity index (χ4v) is 8.81. The van der Waals surface area contributed by atoms with Crippen molar-refractivity contribution in [3.8, 4) is 0 Å². The van der Waals surface area contributed by atoms with Crippen LogP contribution in [0.1, 0.15) is 65.7 Å². The predicted octanol–water partition coefficient (Wildman–Crippen LogP) is 1.31. The highest BCUT2D eigenvalue weighted by Gasteiger charge is 2.62. The van der Waals surface area contributed by atoms with E-state index in [1.807, 2.05) is 0 Å². The van der Waals surface area contributed by atoms with Crippen LogP contribution in [0.5, 0.6) is 0 Å². The Kier molecular flexibility index (Phi) is 6.74. The molecule has 8 nitrogen and oxygen atoms in total. The fourth-order valence-electron chi connectivity index (χ4n) is 8.81. The van der Waals surface area contributed by atoms with Crippen LogP contribution >= 0.6 is 0 Å². The van der Waals surface area contributed by atoms with Crippen LogP contribution < -0.4 is 0 Å². The number of Topliss-reactive ketones (excluding diaryl/α,β-unsaturated/α-hetero) is 1. The Morgan fingerprint density at radius 2 is 1.86 bits per heavy atom. The van der Waals surface area contributed by atoms with Gasteiger partial charge < -0.3 is 35.0 Å². The van der Waals surface area contributed by atoms with Gasteiger partial charge in [0.25, 0.3) is 0 Å². The van der Waals surface area contributed by atoms with Crippen LogP contribution in [0.4, 0.5) is 0 Å². The number of ketones is 1. The van der Waals surface area contributed by atoms with E-state index in [-0.39, 0.29) is 34.6 Å². The molecule has 1 aliphatic heterocycles. The summed E-state index contributed by atoms with van der Waals surface area (Å²) in [6, 6.07) is 0.